The van der Waals surface area contributed by atoms with Crippen molar-refractivity contribution in [3.63, 3.8) is 0 Å². The molecule has 1 aromatic heterocycles. The number of furan rings is 1. The van der Waals surface area contributed by atoms with Crippen LogP contribution >= 0.6 is 0 Å². The summed E-state index contributed by atoms with van der Waals surface area (Å²) in [4.78, 5) is 25.2. The molecule has 8 nitrogen and oxygen atoms in total. The molecule has 23 heavy (non-hydrogen) atoms. The number of sulfonamides is 1. The van der Waals surface area contributed by atoms with E-state index in [-0.39, 0.29) is 16.0 Å². The van der Waals surface area contributed by atoms with Gasteiger partial charge in [0.15, 0.2) is 0 Å². The first kappa shape index (κ1) is 16.7. The van der Waals surface area contributed by atoms with Gasteiger partial charge < -0.3 is 9.15 Å². The number of benzene rings is 1. The van der Waals surface area contributed by atoms with E-state index in [1.807, 2.05) is 4.83 Å². The summed E-state index contributed by atoms with van der Waals surface area (Å²) in [6.07, 6.45) is 1.31. The first-order valence-electron chi connectivity index (χ1n) is 6.40. The van der Waals surface area contributed by atoms with Crippen molar-refractivity contribution in [1.82, 2.24) is 10.3 Å². The third-order valence-corrected chi connectivity index (χ3v) is 4.29. The third-order valence-electron chi connectivity index (χ3n) is 2.98. The maximum absolute atomic E-state index is 12.3. The van der Waals surface area contributed by atoms with Crippen LogP contribution in [0.3, 0.4) is 0 Å². The van der Waals surface area contributed by atoms with E-state index in [1.54, 1.807) is 6.92 Å². The van der Waals surface area contributed by atoms with Crippen molar-refractivity contribution in [2.75, 3.05) is 7.11 Å². The maximum Gasteiger partial charge on any atom is 0.339 e. The van der Waals surface area contributed by atoms with Crippen LogP contribution in [0.5, 0.6) is 0 Å². The number of hydrogen-bond acceptors (Lipinski definition) is 6. The molecule has 0 aliphatic heterocycles. The summed E-state index contributed by atoms with van der Waals surface area (Å²) in [6.45, 7) is 1.57. The molecule has 2 rings (SSSR count). The highest BCUT2D eigenvalue weighted by atomic mass is 32.2. The number of methoxy groups -OCH3 is 1. The van der Waals surface area contributed by atoms with E-state index in [2.05, 4.69) is 10.2 Å². The molecule has 0 radical (unpaired) electrons. The zero-order valence-electron chi connectivity index (χ0n) is 12.3. The van der Waals surface area contributed by atoms with Gasteiger partial charge in [0.1, 0.15) is 5.76 Å². The second-order valence-corrected chi connectivity index (χ2v) is 6.09. The van der Waals surface area contributed by atoms with Gasteiger partial charge in [-0.25, -0.2) is 13.2 Å². The van der Waals surface area contributed by atoms with Crippen LogP contribution in [0.25, 0.3) is 0 Å². The molecule has 2 aromatic rings. The van der Waals surface area contributed by atoms with Crippen LogP contribution in [0, 0.1) is 6.92 Å². The molecule has 122 valence electrons. The summed E-state index contributed by atoms with van der Waals surface area (Å²) in [6, 6.07) is 6.88. The highest BCUT2D eigenvalue weighted by molar-refractivity contribution is 7.89. The standard InChI is InChI=1S/C14H14N2O6S/c1-9-10(7-8-22-9)13(17)15-16-23(19,20)12-6-4-3-5-11(12)14(18)21-2/h3-8,16H,1-2H3,(H,15,17). The van der Waals surface area contributed by atoms with Crippen molar-refractivity contribution >= 4 is 21.9 Å². The Bertz CT molecular complexity index is 840. The molecule has 0 saturated heterocycles. The minimum Gasteiger partial charge on any atom is -0.469 e. The summed E-state index contributed by atoms with van der Waals surface area (Å²) < 4.78 is 34.1. The van der Waals surface area contributed by atoms with Crippen LogP contribution in [-0.4, -0.2) is 27.4 Å². The number of carbonyl (C=O) groups excluding carboxylic acids is 2. The van der Waals surface area contributed by atoms with Gasteiger partial charge in [0.25, 0.3) is 15.9 Å². The van der Waals surface area contributed by atoms with Crippen molar-refractivity contribution < 1.29 is 27.2 Å². The largest absolute Gasteiger partial charge is 0.469 e. The van der Waals surface area contributed by atoms with Gasteiger partial charge in [-0.2, -0.15) is 0 Å². The van der Waals surface area contributed by atoms with Gasteiger partial charge in [0.2, 0.25) is 0 Å². The molecular weight excluding hydrogens is 324 g/mol. The summed E-state index contributed by atoms with van der Waals surface area (Å²) in [7, 11) is -3.02. The highest BCUT2D eigenvalue weighted by Gasteiger charge is 2.23. The van der Waals surface area contributed by atoms with Crippen LogP contribution < -0.4 is 10.3 Å². The number of esters is 1. The summed E-state index contributed by atoms with van der Waals surface area (Å²) in [5, 5.41) is 0. The predicted molar refractivity (Wildman–Crippen MR) is 79.0 cm³/mol. The molecule has 0 fully saturated rings. The van der Waals surface area contributed by atoms with Crippen LogP contribution in [0.15, 0.2) is 45.9 Å². The van der Waals surface area contributed by atoms with Gasteiger partial charge >= 0.3 is 5.97 Å². The predicted octanol–water partition coefficient (Wildman–Crippen LogP) is 0.998. The Kier molecular flexibility index (Phi) is 4.82. The summed E-state index contributed by atoms with van der Waals surface area (Å²) in [5.41, 5.74) is 2.11. The van der Waals surface area contributed by atoms with E-state index in [0.717, 1.165) is 7.11 Å². The zero-order chi connectivity index (χ0) is 17.0. The number of nitrogens with one attached hydrogen (secondary N) is 2. The summed E-state index contributed by atoms with van der Waals surface area (Å²) >= 11 is 0. The molecule has 0 aliphatic carbocycles. The zero-order valence-corrected chi connectivity index (χ0v) is 13.1. The van der Waals surface area contributed by atoms with Crippen molar-refractivity contribution in [3.8, 4) is 0 Å². The molecule has 0 saturated carbocycles. The highest BCUT2D eigenvalue weighted by Crippen LogP contribution is 2.16. The molecule has 1 heterocycles. The molecule has 0 unspecified atom stereocenters. The SMILES string of the molecule is COC(=O)c1ccccc1S(=O)(=O)NNC(=O)c1ccoc1C. The lowest BCUT2D eigenvalue weighted by atomic mass is 10.2. The molecule has 1 amide bonds. The lowest BCUT2D eigenvalue weighted by molar-refractivity contribution is 0.0596. The summed E-state index contributed by atoms with van der Waals surface area (Å²) in [5.74, 6) is -1.14. The molecule has 0 aliphatic rings. The Hall–Kier alpha value is -2.65. The first-order chi connectivity index (χ1) is 10.9. The molecule has 0 bridgehead atoms. The number of carbonyl (C=O) groups is 2. The number of rotatable bonds is 5. The van der Waals surface area contributed by atoms with Crippen molar-refractivity contribution in [1.29, 1.82) is 0 Å². The van der Waals surface area contributed by atoms with Gasteiger partial charge in [-0.15, -0.1) is 4.83 Å². The van der Waals surface area contributed by atoms with Crippen LogP contribution in [0.2, 0.25) is 0 Å². The molecule has 9 heteroatoms. The second-order valence-electron chi connectivity index (χ2n) is 4.44. The third kappa shape index (κ3) is 3.58. The van der Waals surface area contributed by atoms with Gasteiger partial charge in [0.05, 0.1) is 29.4 Å². The molecule has 0 spiro atoms. The lowest BCUT2D eigenvalue weighted by Gasteiger charge is -2.11. The Morgan fingerprint density at radius 2 is 1.83 bits per heavy atom. The Morgan fingerprint density at radius 1 is 1.13 bits per heavy atom. The average Bonchev–Trinajstić information content (AvgIpc) is 2.98. The van der Waals surface area contributed by atoms with Crippen molar-refractivity contribution in [2.45, 2.75) is 11.8 Å². The van der Waals surface area contributed by atoms with E-state index in [9.17, 15) is 18.0 Å². The van der Waals surface area contributed by atoms with Crippen LogP contribution in [0.4, 0.5) is 0 Å². The van der Waals surface area contributed by atoms with Gasteiger partial charge in [0, 0.05) is 0 Å². The number of hydrazine groups is 1. The van der Waals surface area contributed by atoms with Crippen LogP contribution in [0.1, 0.15) is 26.5 Å². The van der Waals surface area contributed by atoms with Crippen molar-refractivity contribution in [2.24, 2.45) is 0 Å². The Balaban J connectivity index is 2.22. The minimum absolute atomic E-state index is 0.142. The van der Waals surface area contributed by atoms with Gasteiger partial charge in [-0.1, -0.05) is 12.1 Å². The quantitative estimate of drug-likeness (QED) is 0.621. The Morgan fingerprint density at radius 3 is 2.43 bits per heavy atom. The smallest absolute Gasteiger partial charge is 0.339 e. The lowest BCUT2D eigenvalue weighted by Crippen LogP contribution is -2.42. The van der Waals surface area contributed by atoms with E-state index in [4.69, 9.17) is 4.42 Å². The van der Waals surface area contributed by atoms with E-state index < -0.39 is 21.9 Å². The van der Waals surface area contributed by atoms with Gasteiger partial charge in [-0.3, -0.25) is 10.2 Å². The number of ether oxygens (including phenoxy) is 1. The monoisotopic (exact) mass is 338 g/mol. The topological polar surface area (TPSA) is 115 Å². The fourth-order valence-corrected chi connectivity index (χ4v) is 2.87. The number of amides is 1. The second kappa shape index (κ2) is 6.63. The maximum atomic E-state index is 12.3. The van der Waals surface area contributed by atoms with Crippen LogP contribution in [-0.2, 0) is 14.8 Å². The average molecular weight is 338 g/mol. The fraction of sp³-hybridized carbons (Fsp3) is 0.143. The van der Waals surface area contributed by atoms with E-state index >= 15 is 0 Å². The fourth-order valence-electron chi connectivity index (χ4n) is 1.84. The molecule has 1 aromatic carbocycles. The number of aryl methyl sites for hydroxylation is 1. The normalized spacial score (nSPS) is 11.0. The molecule has 2 N–H and O–H groups in total. The van der Waals surface area contributed by atoms with E-state index in [1.165, 1.54) is 36.6 Å². The minimum atomic E-state index is -4.16. The van der Waals surface area contributed by atoms with Crippen molar-refractivity contribution in [3.05, 3.63) is 53.5 Å². The van der Waals surface area contributed by atoms with Gasteiger partial charge in [-0.05, 0) is 25.1 Å². The van der Waals surface area contributed by atoms with E-state index in [0.29, 0.717) is 5.76 Å². The first-order valence-corrected chi connectivity index (χ1v) is 7.88. The molecular formula is C14H14N2O6S. The Labute approximate surface area is 132 Å². The number of hydrogen-bond donors (Lipinski definition) is 2. The molecule has 0 atom stereocenters.